The molecule has 0 radical (unpaired) electrons. The molecule has 0 aliphatic rings. The van der Waals surface area contributed by atoms with Crippen molar-refractivity contribution in [2.24, 2.45) is 0 Å². The van der Waals surface area contributed by atoms with Crippen molar-refractivity contribution in [3.8, 4) is 0 Å². The number of aromatic nitrogens is 2. The molecule has 1 heterocycles. The van der Waals surface area contributed by atoms with Crippen LogP contribution in [0.3, 0.4) is 0 Å². The average Bonchev–Trinajstić information content (AvgIpc) is 2.65. The lowest BCUT2D eigenvalue weighted by Gasteiger charge is -2.26. The van der Waals surface area contributed by atoms with Gasteiger partial charge in [-0.05, 0) is 36.8 Å². The summed E-state index contributed by atoms with van der Waals surface area (Å²) in [5.74, 6) is -2.16. The Bertz CT molecular complexity index is 1030. The molecule has 0 spiro atoms. The van der Waals surface area contributed by atoms with E-state index in [1.165, 1.54) is 21.8 Å². The summed E-state index contributed by atoms with van der Waals surface area (Å²) < 4.78 is 28.0. The summed E-state index contributed by atoms with van der Waals surface area (Å²) >= 11 is 0. The lowest BCUT2D eigenvalue weighted by atomic mass is 10.1. The molecule has 5 nitrogen and oxygen atoms in total. The first-order chi connectivity index (χ1) is 12.4. The predicted molar refractivity (Wildman–Crippen MR) is 93.5 cm³/mol. The van der Waals surface area contributed by atoms with Crippen LogP contribution in [0.5, 0.6) is 0 Å². The van der Waals surface area contributed by atoms with Gasteiger partial charge in [0, 0.05) is 12.4 Å². The van der Waals surface area contributed by atoms with Crippen molar-refractivity contribution in [2.75, 3.05) is 7.05 Å². The Kier molecular flexibility index (Phi) is 4.79. The molecule has 1 amide bonds. The second-order valence-electron chi connectivity index (χ2n) is 6.04. The van der Waals surface area contributed by atoms with Gasteiger partial charge in [-0.1, -0.05) is 18.2 Å². The molecule has 1 unspecified atom stereocenters. The highest BCUT2D eigenvalue weighted by molar-refractivity contribution is 5.81. The molecule has 134 valence electrons. The van der Waals surface area contributed by atoms with E-state index in [1.807, 2.05) is 0 Å². The molecule has 0 saturated heterocycles. The number of amides is 1. The lowest BCUT2D eigenvalue weighted by molar-refractivity contribution is -0.132. The summed E-state index contributed by atoms with van der Waals surface area (Å²) in [6.07, 6.45) is 1.17. The minimum absolute atomic E-state index is 0.0781. The second-order valence-corrected chi connectivity index (χ2v) is 6.04. The molecule has 26 heavy (non-hydrogen) atoms. The summed E-state index contributed by atoms with van der Waals surface area (Å²) in [5, 5.41) is 4.51. The Balaban J connectivity index is 1.84. The molecule has 0 aliphatic heterocycles. The summed E-state index contributed by atoms with van der Waals surface area (Å²) in [6, 6.07) is 10.0. The van der Waals surface area contributed by atoms with Gasteiger partial charge in [-0.2, -0.15) is 5.10 Å². The zero-order valence-corrected chi connectivity index (χ0v) is 14.3. The standard InChI is InChI=1S/C19H17F2N3O2/c1-12(13-7-8-15(20)16(21)9-13)23(2)19(26)11-24-17-6-4-3-5-14(17)18(25)10-22-24/h3-10,12H,11H2,1-2H3. The molecule has 0 fully saturated rings. The van der Waals surface area contributed by atoms with E-state index in [-0.39, 0.29) is 17.9 Å². The van der Waals surface area contributed by atoms with E-state index >= 15 is 0 Å². The van der Waals surface area contributed by atoms with E-state index in [2.05, 4.69) is 5.10 Å². The molecule has 0 N–H and O–H groups in total. The molecule has 3 aromatic rings. The maximum Gasteiger partial charge on any atom is 0.244 e. The lowest BCUT2D eigenvalue weighted by Crippen LogP contribution is -2.33. The molecule has 1 aromatic heterocycles. The van der Waals surface area contributed by atoms with Crippen LogP contribution in [0, 0.1) is 11.6 Å². The first-order valence-corrected chi connectivity index (χ1v) is 8.04. The number of likely N-dealkylation sites (N-methyl/N-ethyl adjacent to an activating group) is 1. The fourth-order valence-electron chi connectivity index (χ4n) is 2.74. The second kappa shape index (κ2) is 7.03. The molecule has 7 heteroatoms. The number of fused-ring (bicyclic) bond motifs is 1. The van der Waals surface area contributed by atoms with E-state index in [9.17, 15) is 18.4 Å². The van der Waals surface area contributed by atoms with Gasteiger partial charge in [0.05, 0.1) is 17.8 Å². The highest BCUT2D eigenvalue weighted by atomic mass is 19.2. The zero-order chi connectivity index (χ0) is 18.8. The van der Waals surface area contributed by atoms with Crippen molar-refractivity contribution < 1.29 is 13.6 Å². The van der Waals surface area contributed by atoms with Crippen LogP contribution in [0.15, 0.2) is 53.5 Å². The van der Waals surface area contributed by atoms with Crippen molar-refractivity contribution in [2.45, 2.75) is 19.5 Å². The highest BCUT2D eigenvalue weighted by Gasteiger charge is 2.20. The topological polar surface area (TPSA) is 55.2 Å². The number of hydrogen-bond acceptors (Lipinski definition) is 3. The predicted octanol–water partition coefficient (Wildman–Crippen LogP) is 2.89. The molecule has 0 aliphatic carbocycles. The molecular weight excluding hydrogens is 340 g/mol. The minimum atomic E-state index is -0.955. The smallest absolute Gasteiger partial charge is 0.244 e. The average molecular weight is 357 g/mol. The van der Waals surface area contributed by atoms with Crippen LogP contribution in [-0.2, 0) is 11.3 Å². The van der Waals surface area contributed by atoms with Crippen molar-refractivity contribution in [3.63, 3.8) is 0 Å². The summed E-state index contributed by atoms with van der Waals surface area (Å²) in [5.41, 5.74) is 0.826. The van der Waals surface area contributed by atoms with Gasteiger partial charge >= 0.3 is 0 Å². The van der Waals surface area contributed by atoms with Crippen LogP contribution in [-0.4, -0.2) is 27.6 Å². The van der Waals surface area contributed by atoms with Crippen LogP contribution in [0.4, 0.5) is 8.78 Å². The van der Waals surface area contributed by atoms with E-state index in [1.54, 1.807) is 38.2 Å². The first-order valence-electron chi connectivity index (χ1n) is 8.04. The maximum absolute atomic E-state index is 13.4. The number of carbonyl (C=O) groups excluding carboxylic acids is 1. The van der Waals surface area contributed by atoms with Crippen molar-refractivity contribution in [1.29, 1.82) is 0 Å². The fourth-order valence-corrected chi connectivity index (χ4v) is 2.74. The fraction of sp³-hybridized carbons (Fsp3) is 0.211. The van der Waals surface area contributed by atoms with Crippen LogP contribution in [0.1, 0.15) is 18.5 Å². The number of nitrogens with zero attached hydrogens (tertiary/aromatic N) is 3. The van der Waals surface area contributed by atoms with Crippen LogP contribution in [0.2, 0.25) is 0 Å². The van der Waals surface area contributed by atoms with Crippen LogP contribution in [0.25, 0.3) is 10.9 Å². The van der Waals surface area contributed by atoms with Gasteiger partial charge in [0.25, 0.3) is 0 Å². The molecule has 1 atom stereocenters. The summed E-state index contributed by atoms with van der Waals surface area (Å²) in [6.45, 7) is 1.65. The van der Waals surface area contributed by atoms with E-state index in [4.69, 9.17) is 0 Å². The number of carbonyl (C=O) groups is 1. The highest BCUT2D eigenvalue weighted by Crippen LogP contribution is 2.21. The Morgan fingerprint density at radius 3 is 2.65 bits per heavy atom. The summed E-state index contributed by atoms with van der Waals surface area (Å²) in [7, 11) is 1.58. The Morgan fingerprint density at radius 2 is 1.92 bits per heavy atom. The van der Waals surface area contributed by atoms with Crippen LogP contribution >= 0.6 is 0 Å². The largest absolute Gasteiger partial charge is 0.337 e. The number of para-hydroxylation sites is 1. The third-order valence-corrected chi connectivity index (χ3v) is 4.45. The molecule has 0 bridgehead atoms. The van der Waals surface area contributed by atoms with Crippen molar-refractivity contribution >= 4 is 16.8 Å². The number of rotatable bonds is 4. The van der Waals surface area contributed by atoms with E-state index in [0.29, 0.717) is 16.5 Å². The third kappa shape index (κ3) is 3.33. The Morgan fingerprint density at radius 1 is 1.19 bits per heavy atom. The van der Waals surface area contributed by atoms with Gasteiger partial charge in [-0.25, -0.2) is 8.78 Å². The van der Waals surface area contributed by atoms with Gasteiger partial charge in [-0.15, -0.1) is 0 Å². The SMILES string of the molecule is CC(c1ccc(F)c(F)c1)N(C)C(=O)Cn1ncc(=O)c2ccccc21. The van der Waals surface area contributed by atoms with Crippen LogP contribution < -0.4 is 5.43 Å². The summed E-state index contributed by atoms with van der Waals surface area (Å²) in [4.78, 5) is 25.9. The van der Waals surface area contributed by atoms with Gasteiger partial charge in [-0.3, -0.25) is 14.3 Å². The number of hydrogen-bond donors (Lipinski definition) is 0. The van der Waals surface area contributed by atoms with Crippen molar-refractivity contribution in [3.05, 3.63) is 76.1 Å². The Labute approximate surface area is 148 Å². The zero-order valence-electron chi connectivity index (χ0n) is 14.3. The first kappa shape index (κ1) is 17.7. The van der Waals surface area contributed by atoms with Crippen molar-refractivity contribution in [1.82, 2.24) is 14.7 Å². The van der Waals surface area contributed by atoms with Gasteiger partial charge < -0.3 is 4.90 Å². The molecule has 0 saturated carbocycles. The van der Waals surface area contributed by atoms with E-state index in [0.717, 1.165) is 12.1 Å². The van der Waals surface area contributed by atoms with Gasteiger partial charge in [0.15, 0.2) is 11.6 Å². The monoisotopic (exact) mass is 357 g/mol. The molecular formula is C19H17F2N3O2. The minimum Gasteiger partial charge on any atom is -0.337 e. The maximum atomic E-state index is 13.4. The number of halogens is 2. The quantitative estimate of drug-likeness (QED) is 0.721. The Hall–Kier alpha value is -3.09. The molecule has 3 rings (SSSR count). The normalized spacial score (nSPS) is 12.2. The van der Waals surface area contributed by atoms with Gasteiger partial charge in [0.1, 0.15) is 6.54 Å². The number of benzene rings is 2. The van der Waals surface area contributed by atoms with E-state index < -0.39 is 17.7 Å². The van der Waals surface area contributed by atoms with Gasteiger partial charge in [0.2, 0.25) is 11.3 Å². The third-order valence-electron chi connectivity index (χ3n) is 4.45. The molecule has 2 aromatic carbocycles.